The van der Waals surface area contributed by atoms with Gasteiger partial charge in [-0.05, 0) is 71.4 Å². The van der Waals surface area contributed by atoms with E-state index in [1.807, 2.05) is 0 Å². The molecule has 1 aliphatic rings. The van der Waals surface area contributed by atoms with Crippen LogP contribution in [0.3, 0.4) is 0 Å². The van der Waals surface area contributed by atoms with Crippen molar-refractivity contribution in [3.05, 3.63) is 99.4 Å². The van der Waals surface area contributed by atoms with E-state index in [-0.39, 0.29) is 17.4 Å². The van der Waals surface area contributed by atoms with Crippen molar-refractivity contribution in [1.82, 2.24) is 0 Å². The number of ether oxygens (including phenoxy) is 1. The Balaban J connectivity index is 1.42. The molecule has 0 spiro atoms. The molecule has 160 valence electrons. The number of anilines is 1. The van der Waals surface area contributed by atoms with E-state index in [9.17, 15) is 14.4 Å². The summed E-state index contributed by atoms with van der Waals surface area (Å²) in [5.41, 5.74) is 2.25. The van der Waals surface area contributed by atoms with E-state index < -0.39 is 11.9 Å². The largest absolute Gasteiger partial charge is 0.489 e. The number of amides is 2. The maximum atomic E-state index is 12.7. The lowest BCUT2D eigenvalue weighted by Crippen LogP contribution is -2.27. The molecule has 0 radical (unpaired) electrons. The highest BCUT2D eigenvalue weighted by molar-refractivity contribution is 8.19. The third kappa shape index (κ3) is 4.85. The molecule has 8 heteroatoms. The molecule has 1 saturated heterocycles. The monoisotopic (exact) mass is 465 g/mol. The number of carbonyl (C=O) groups excluding carboxylic acids is 2. The molecule has 1 aliphatic heterocycles. The summed E-state index contributed by atoms with van der Waals surface area (Å²) in [6.45, 7) is 0.289. The van der Waals surface area contributed by atoms with E-state index in [4.69, 9.17) is 21.4 Å². The standard InChI is InChI=1S/C24H16ClNO5S/c25-18-2-1-3-19(13-18)26-22(27)21(32-24(26)30)12-15-6-10-20(11-7-15)31-14-16-4-8-17(9-5-16)23(28)29/h1-13H,14H2,(H,28,29)/b21-12-. The summed E-state index contributed by atoms with van der Waals surface area (Å²) in [5, 5.41) is 9.01. The second-order valence-corrected chi connectivity index (χ2v) is 8.29. The number of thioether (sulfide) groups is 1. The van der Waals surface area contributed by atoms with Crippen molar-refractivity contribution in [2.24, 2.45) is 0 Å². The van der Waals surface area contributed by atoms with E-state index in [1.54, 1.807) is 66.7 Å². The molecule has 0 atom stereocenters. The van der Waals surface area contributed by atoms with Gasteiger partial charge < -0.3 is 9.84 Å². The molecule has 2 amide bonds. The van der Waals surface area contributed by atoms with Crippen LogP contribution in [0, 0.1) is 0 Å². The fourth-order valence-corrected chi connectivity index (χ4v) is 4.05. The molecule has 4 rings (SSSR count). The van der Waals surface area contributed by atoms with Gasteiger partial charge in [0.15, 0.2) is 0 Å². The maximum Gasteiger partial charge on any atom is 0.335 e. The number of benzene rings is 3. The first kappa shape index (κ1) is 21.7. The van der Waals surface area contributed by atoms with Gasteiger partial charge in [-0.1, -0.05) is 41.9 Å². The van der Waals surface area contributed by atoms with E-state index in [1.165, 1.54) is 12.1 Å². The van der Waals surface area contributed by atoms with Crippen molar-refractivity contribution in [2.75, 3.05) is 4.90 Å². The van der Waals surface area contributed by atoms with Gasteiger partial charge in [0.2, 0.25) is 0 Å². The van der Waals surface area contributed by atoms with Gasteiger partial charge >= 0.3 is 5.97 Å². The van der Waals surface area contributed by atoms with Crippen LogP contribution in [-0.4, -0.2) is 22.2 Å². The number of carboxylic acids is 1. The Hall–Kier alpha value is -3.55. The molecule has 0 aromatic heterocycles. The number of rotatable bonds is 6. The summed E-state index contributed by atoms with van der Waals surface area (Å²) in [6.07, 6.45) is 1.66. The van der Waals surface area contributed by atoms with E-state index >= 15 is 0 Å². The molecule has 1 N–H and O–H groups in total. The first-order valence-corrected chi connectivity index (χ1v) is 10.7. The highest BCUT2D eigenvalue weighted by atomic mass is 35.5. The van der Waals surface area contributed by atoms with Gasteiger partial charge in [-0.15, -0.1) is 0 Å². The first-order valence-electron chi connectivity index (χ1n) is 9.49. The van der Waals surface area contributed by atoms with Gasteiger partial charge in [0.05, 0.1) is 16.2 Å². The van der Waals surface area contributed by atoms with Crippen LogP contribution in [0.4, 0.5) is 10.5 Å². The van der Waals surface area contributed by atoms with Crippen LogP contribution in [-0.2, 0) is 11.4 Å². The predicted molar refractivity (Wildman–Crippen MR) is 124 cm³/mol. The third-order valence-electron chi connectivity index (χ3n) is 4.64. The second-order valence-electron chi connectivity index (χ2n) is 6.86. The summed E-state index contributed by atoms with van der Waals surface area (Å²) in [5.74, 6) is -0.748. The molecule has 0 saturated carbocycles. The molecule has 32 heavy (non-hydrogen) atoms. The molecule has 1 heterocycles. The minimum absolute atomic E-state index is 0.220. The zero-order valence-electron chi connectivity index (χ0n) is 16.5. The number of aromatic carboxylic acids is 1. The number of carbonyl (C=O) groups is 3. The molecule has 3 aromatic rings. The molecular weight excluding hydrogens is 450 g/mol. The molecule has 0 aliphatic carbocycles. The molecular formula is C24H16ClNO5S. The van der Waals surface area contributed by atoms with Crippen LogP contribution < -0.4 is 9.64 Å². The van der Waals surface area contributed by atoms with Crippen LogP contribution >= 0.6 is 23.4 Å². The highest BCUT2D eigenvalue weighted by Gasteiger charge is 2.36. The fourth-order valence-electron chi connectivity index (χ4n) is 3.03. The Kier molecular flexibility index (Phi) is 6.30. The molecule has 1 fully saturated rings. The Morgan fingerprint density at radius 2 is 1.75 bits per heavy atom. The molecule has 0 unspecified atom stereocenters. The van der Waals surface area contributed by atoms with Crippen LogP contribution in [0.5, 0.6) is 5.75 Å². The average molecular weight is 466 g/mol. The van der Waals surface area contributed by atoms with Gasteiger partial charge in [-0.3, -0.25) is 9.59 Å². The maximum absolute atomic E-state index is 12.7. The van der Waals surface area contributed by atoms with Crippen LogP contribution in [0.15, 0.2) is 77.7 Å². The number of hydrogen-bond donors (Lipinski definition) is 1. The minimum atomic E-state index is -0.974. The van der Waals surface area contributed by atoms with Crippen LogP contribution in [0.25, 0.3) is 6.08 Å². The summed E-state index contributed by atoms with van der Waals surface area (Å²) in [6, 6.07) is 20.2. The Bertz CT molecular complexity index is 1220. The normalized spacial score (nSPS) is 14.8. The zero-order chi connectivity index (χ0) is 22.7. The fraction of sp³-hybridized carbons (Fsp3) is 0.0417. The number of carboxylic acid groups (broad SMARTS) is 1. The quantitative estimate of drug-likeness (QED) is 0.459. The van der Waals surface area contributed by atoms with Gasteiger partial charge in [-0.2, -0.15) is 0 Å². The number of halogens is 1. The summed E-state index contributed by atoms with van der Waals surface area (Å²) in [4.78, 5) is 37.4. The molecule has 0 bridgehead atoms. The van der Waals surface area contributed by atoms with Crippen LogP contribution in [0.2, 0.25) is 5.02 Å². The number of nitrogens with zero attached hydrogens (tertiary/aromatic N) is 1. The van der Waals surface area contributed by atoms with Gasteiger partial charge in [0.1, 0.15) is 12.4 Å². The Morgan fingerprint density at radius 3 is 2.41 bits per heavy atom. The van der Waals surface area contributed by atoms with Gasteiger partial charge in [-0.25, -0.2) is 9.69 Å². The second kappa shape index (κ2) is 9.30. The summed E-state index contributed by atoms with van der Waals surface area (Å²) < 4.78 is 5.73. The van der Waals surface area contributed by atoms with Crippen molar-refractivity contribution < 1.29 is 24.2 Å². The zero-order valence-corrected chi connectivity index (χ0v) is 18.1. The van der Waals surface area contributed by atoms with E-state index in [0.717, 1.165) is 27.8 Å². The lowest BCUT2D eigenvalue weighted by atomic mass is 10.1. The van der Waals surface area contributed by atoms with Crippen molar-refractivity contribution in [3.63, 3.8) is 0 Å². The summed E-state index contributed by atoms with van der Waals surface area (Å²) >= 11 is 6.85. The van der Waals surface area contributed by atoms with Crippen LogP contribution in [0.1, 0.15) is 21.5 Å². The topological polar surface area (TPSA) is 83.9 Å². The Morgan fingerprint density at radius 1 is 1.03 bits per heavy atom. The van der Waals surface area contributed by atoms with Gasteiger partial charge in [0.25, 0.3) is 11.1 Å². The Labute approximate surface area is 193 Å². The van der Waals surface area contributed by atoms with Crippen molar-refractivity contribution in [2.45, 2.75) is 6.61 Å². The highest BCUT2D eigenvalue weighted by Crippen LogP contribution is 2.36. The lowest BCUT2D eigenvalue weighted by Gasteiger charge is -2.12. The predicted octanol–water partition coefficient (Wildman–Crippen LogP) is 5.86. The molecule has 6 nitrogen and oxygen atoms in total. The molecule has 3 aromatic carbocycles. The first-order chi connectivity index (χ1) is 15.4. The number of imide groups is 1. The third-order valence-corrected chi connectivity index (χ3v) is 5.75. The summed E-state index contributed by atoms with van der Waals surface area (Å²) in [7, 11) is 0. The SMILES string of the molecule is O=C(O)c1ccc(COc2ccc(/C=C3\SC(=O)N(c4cccc(Cl)c4)C3=O)cc2)cc1. The van der Waals surface area contributed by atoms with Crippen molar-refractivity contribution >= 4 is 52.2 Å². The average Bonchev–Trinajstić information content (AvgIpc) is 3.06. The van der Waals surface area contributed by atoms with E-state index in [2.05, 4.69) is 0 Å². The smallest absolute Gasteiger partial charge is 0.335 e. The van der Waals surface area contributed by atoms with Crippen molar-refractivity contribution in [1.29, 1.82) is 0 Å². The van der Waals surface area contributed by atoms with E-state index in [0.29, 0.717) is 21.4 Å². The lowest BCUT2D eigenvalue weighted by molar-refractivity contribution is -0.113. The van der Waals surface area contributed by atoms with Gasteiger partial charge in [0, 0.05) is 5.02 Å². The minimum Gasteiger partial charge on any atom is -0.489 e. The van der Waals surface area contributed by atoms with Crippen molar-refractivity contribution in [3.8, 4) is 5.75 Å². The number of hydrogen-bond acceptors (Lipinski definition) is 5.